The van der Waals surface area contributed by atoms with E-state index in [-0.39, 0.29) is 6.61 Å². The predicted octanol–water partition coefficient (Wildman–Crippen LogP) is 2.22. The lowest BCUT2D eigenvalue weighted by molar-refractivity contribution is -0.148. The van der Waals surface area contributed by atoms with Crippen molar-refractivity contribution in [1.82, 2.24) is 0 Å². The third-order valence-corrected chi connectivity index (χ3v) is 5.65. The van der Waals surface area contributed by atoms with E-state index in [1.165, 1.54) is 0 Å². The lowest BCUT2D eigenvalue weighted by atomic mass is 9.81. The fourth-order valence-corrected chi connectivity index (χ4v) is 3.84. The second-order valence-corrected chi connectivity index (χ2v) is 7.39. The highest BCUT2D eigenvalue weighted by Gasteiger charge is 2.65. The molecule has 0 saturated carbocycles. The molecule has 2 heterocycles. The smallest absolute Gasteiger partial charge is 0.334 e. The summed E-state index contributed by atoms with van der Waals surface area (Å²) in [6.07, 6.45) is 4.07. The van der Waals surface area contributed by atoms with Crippen molar-refractivity contribution < 1.29 is 28.9 Å². The zero-order chi connectivity index (χ0) is 19.1. The van der Waals surface area contributed by atoms with E-state index in [4.69, 9.17) is 14.2 Å². The molecule has 6 nitrogen and oxygen atoms in total. The number of epoxide rings is 1. The molecule has 0 spiro atoms. The Bertz CT molecular complexity index is 690. The van der Waals surface area contributed by atoms with Crippen LogP contribution in [-0.4, -0.2) is 47.6 Å². The lowest BCUT2D eigenvalue weighted by Gasteiger charge is -2.28. The Kier molecular flexibility index (Phi) is 5.08. The molecule has 2 saturated heterocycles. The maximum Gasteiger partial charge on any atom is 0.334 e. The first-order valence-electron chi connectivity index (χ1n) is 9.01. The van der Waals surface area contributed by atoms with Crippen LogP contribution in [0, 0.1) is 5.92 Å². The summed E-state index contributed by atoms with van der Waals surface area (Å²) in [5, 5.41) is 9.80. The maximum atomic E-state index is 12.4. The number of fused-ring (bicyclic) bond motifs is 3. The van der Waals surface area contributed by atoms with Gasteiger partial charge in [0.25, 0.3) is 0 Å². The summed E-state index contributed by atoms with van der Waals surface area (Å²) in [4.78, 5) is 24.5. The second-order valence-electron chi connectivity index (χ2n) is 7.39. The van der Waals surface area contributed by atoms with E-state index in [9.17, 15) is 14.7 Å². The molecule has 5 atom stereocenters. The van der Waals surface area contributed by atoms with Crippen molar-refractivity contribution in [2.75, 3.05) is 6.61 Å². The van der Waals surface area contributed by atoms with Gasteiger partial charge in [0.1, 0.15) is 23.9 Å². The van der Waals surface area contributed by atoms with E-state index < -0.39 is 41.8 Å². The van der Waals surface area contributed by atoms with Crippen molar-refractivity contribution in [3.63, 3.8) is 0 Å². The highest BCUT2D eigenvalue weighted by Crippen LogP contribution is 2.50. The van der Waals surface area contributed by atoms with Gasteiger partial charge in [-0.3, -0.25) is 0 Å². The number of esters is 2. The van der Waals surface area contributed by atoms with Crippen molar-refractivity contribution in [3.05, 3.63) is 35.5 Å². The largest absolute Gasteiger partial charge is 0.458 e. The Morgan fingerprint density at radius 3 is 2.92 bits per heavy atom. The van der Waals surface area contributed by atoms with Gasteiger partial charge in [0.15, 0.2) is 0 Å². The third kappa shape index (κ3) is 3.23. The predicted molar refractivity (Wildman–Crippen MR) is 94.1 cm³/mol. The number of ether oxygens (including phenoxy) is 3. The molecule has 0 unspecified atom stereocenters. The van der Waals surface area contributed by atoms with Crippen LogP contribution in [0.3, 0.4) is 0 Å². The second kappa shape index (κ2) is 7.00. The SMILES string of the molecule is C=C1C(=O)O[C@H]2[C@H]1[C@H](OC(=O)/C(C)=C\C)C/C(C)=C\CC[C@@]1(CO)O[C@H]21. The molecule has 2 fully saturated rings. The Morgan fingerprint density at radius 1 is 1.54 bits per heavy atom. The van der Waals surface area contributed by atoms with Crippen LogP contribution in [0.4, 0.5) is 0 Å². The highest BCUT2D eigenvalue weighted by atomic mass is 16.7. The number of hydrogen-bond acceptors (Lipinski definition) is 6. The number of carbonyl (C=O) groups is 2. The minimum absolute atomic E-state index is 0.139. The van der Waals surface area contributed by atoms with Crippen LogP contribution in [0.2, 0.25) is 0 Å². The third-order valence-electron chi connectivity index (χ3n) is 5.65. The molecule has 2 aliphatic heterocycles. The van der Waals surface area contributed by atoms with Crippen molar-refractivity contribution in [1.29, 1.82) is 0 Å². The molecule has 0 aromatic heterocycles. The van der Waals surface area contributed by atoms with E-state index in [2.05, 4.69) is 12.7 Å². The van der Waals surface area contributed by atoms with Crippen LogP contribution in [0.5, 0.6) is 0 Å². The van der Waals surface area contributed by atoms with E-state index in [1.807, 2.05) is 6.92 Å². The first-order chi connectivity index (χ1) is 12.3. The first-order valence-corrected chi connectivity index (χ1v) is 9.01. The van der Waals surface area contributed by atoms with Crippen LogP contribution >= 0.6 is 0 Å². The van der Waals surface area contributed by atoms with Gasteiger partial charge in [0.05, 0.1) is 12.5 Å². The van der Waals surface area contributed by atoms with Crippen LogP contribution in [-0.2, 0) is 23.8 Å². The molecule has 0 aromatic rings. The van der Waals surface area contributed by atoms with Crippen LogP contribution < -0.4 is 0 Å². The molecule has 26 heavy (non-hydrogen) atoms. The average molecular weight is 362 g/mol. The summed E-state index contributed by atoms with van der Waals surface area (Å²) in [5.41, 5.74) is 1.15. The summed E-state index contributed by atoms with van der Waals surface area (Å²) >= 11 is 0. The zero-order valence-corrected chi connectivity index (χ0v) is 15.5. The van der Waals surface area contributed by atoms with E-state index in [1.54, 1.807) is 19.9 Å². The molecule has 1 N–H and O–H groups in total. The van der Waals surface area contributed by atoms with Crippen molar-refractivity contribution >= 4 is 11.9 Å². The first kappa shape index (κ1) is 18.9. The summed E-state index contributed by atoms with van der Waals surface area (Å²) in [6, 6.07) is 0. The summed E-state index contributed by atoms with van der Waals surface area (Å²) in [5.74, 6) is -1.40. The molecular weight excluding hydrogens is 336 g/mol. The zero-order valence-electron chi connectivity index (χ0n) is 15.5. The molecular formula is C20H26O6. The van der Waals surface area contributed by atoms with Gasteiger partial charge in [0.2, 0.25) is 0 Å². The number of hydrogen-bond donors (Lipinski definition) is 1. The van der Waals surface area contributed by atoms with Crippen molar-refractivity contribution in [2.24, 2.45) is 5.92 Å². The van der Waals surface area contributed by atoms with Gasteiger partial charge in [-0.2, -0.15) is 0 Å². The van der Waals surface area contributed by atoms with Crippen LogP contribution in [0.1, 0.15) is 40.0 Å². The van der Waals surface area contributed by atoms with Crippen LogP contribution in [0.15, 0.2) is 35.5 Å². The van der Waals surface area contributed by atoms with Gasteiger partial charge in [-0.05, 0) is 33.6 Å². The van der Waals surface area contributed by atoms with Gasteiger partial charge < -0.3 is 19.3 Å². The molecule has 3 aliphatic rings. The number of aliphatic hydroxyl groups excluding tert-OH is 1. The molecule has 6 heteroatoms. The summed E-state index contributed by atoms with van der Waals surface area (Å²) < 4.78 is 17.1. The van der Waals surface area contributed by atoms with Gasteiger partial charge in [-0.25, -0.2) is 9.59 Å². The molecule has 0 bridgehead atoms. The summed E-state index contributed by atoms with van der Waals surface area (Å²) in [6.45, 7) is 9.17. The average Bonchev–Trinajstić information content (AvgIpc) is 3.26. The molecule has 0 aromatic carbocycles. The quantitative estimate of drug-likeness (QED) is 0.359. The Hall–Kier alpha value is -1.92. The molecule has 0 radical (unpaired) electrons. The number of allylic oxidation sites excluding steroid dienone is 2. The molecule has 142 valence electrons. The van der Waals surface area contributed by atoms with Crippen molar-refractivity contribution in [2.45, 2.75) is 63.9 Å². The fourth-order valence-electron chi connectivity index (χ4n) is 3.84. The van der Waals surface area contributed by atoms with Gasteiger partial charge in [-0.1, -0.05) is 24.3 Å². The Morgan fingerprint density at radius 2 is 2.27 bits per heavy atom. The molecule has 1 aliphatic carbocycles. The maximum absolute atomic E-state index is 12.4. The molecule has 3 rings (SSSR count). The minimum Gasteiger partial charge on any atom is -0.458 e. The van der Waals surface area contributed by atoms with Gasteiger partial charge >= 0.3 is 11.9 Å². The van der Waals surface area contributed by atoms with Crippen molar-refractivity contribution in [3.8, 4) is 0 Å². The van der Waals surface area contributed by atoms with E-state index in [0.717, 1.165) is 12.0 Å². The Balaban J connectivity index is 1.95. The molecule has 0 amide bonds. The minimum atomic E-state index is -0.699. The lowest BCUT2D eigenvalue weighted by Crippen LogP contribution is -2.39. The topological polar surface area (TPSA) is 85.4 Å². The van der Waals surface area contributed by atoms with E-state index >= 15 is 0 Å². The van der Waals surface area contributed by atoms with Gasteiger partial charge in [0, 0.05) is 17.6 Å². The fraction of sp³-hybridized carbons (Fsp3) is 0.600. The normalized spacial score (nSPS) is 39.2. The highest BCUT2D eigenvalue weighted by molar-refractivity contribution is 5.91. The Labute approximate surface area is 153 Å². The standard InChI is InChI=1S/C20H26O6/c1-5-12(3)18(22)24-14-9-11(2)7-6-8-20(10-21)17(26-20)16-15(14)13(4)19(23)25-16/h5,7,14-17,21H,4,6,8-10H2,1-3H3/b11-7-,12-5-/t14-,15-,16+,17-,20+/m1/s1. The summed E-state index contributed by atoms with van der Waals surface area (Å²) in [7, 11) is 0. The monoisotopic (exact) mass is 362 g/mol. The van der Waals surface area contributed by atoms with Gasteiger partial charge in [-0.15, -0.1) is 0 Å². The number of aliphatic hydroxyl groups is 1. The van der Waals surface area contributed by atoms with Crippen LogP contribution in [0.25, 0.3) is 0 Å². The number of carbonyl (C=O) groups excluding carboxylic acids is 2. The number of rotatable bonds is 3. The van der Waals surface area contributed by atoms with E-state index in [0.29, 0.717) is 24.0 Å².